The smallest absolute Gasteiger partial charge is 0.306 e. The number of rotatable bonds is 58. The molecule has 424 valence electrons. The Bertz CT molecular complexity index is 1310. The Labute approximate surface area is 453 Å². The molecule has 0 spiro atoms. The van der Waals surface area contributed by atoms with Gasteiger partial charge in [-0.05, 0) is 83.5 Å². The minimum Gasteiger partial charge on any atom is -0.462 e. The van der Waals surface area contributed by atoms with Crippen LogP contribution in [-0.2, 0) is 28.6 Å². The van der Waals surface area contributed by atoms with Crippen molar-refractivity contribution in [2.75, 3.05) is 13.2 Å². The largest absolute Gasteiger partial charge is 0.462 e. The monoisotopic (exact) mass is 1020 g/mol. The molecule has 0 aromatic heterocycles. The lowest BCUT2D eigenvalue weighted by Gasteiger charge is -2.18. The van der Waals surface area contributed by atoms with Gasteiger partial charge in [0.1, 0.15) is 13.2 Å². The summed E-state index contributed by atoms with van der Waals surface area (Å²) in [6.45, 7) is 6.53. The number of esters is 3. The van der Waals surface area contributed by atoms with E-state index in [1.165, 1.54) is 205 Å². The lowest BCUT2D eigenvalue weighted by Crippen LogP contribution is -2.30. The zero-order chi connectivity index (χ0) is 52.9. The van der Waals surface area contributed by atoms with E-state index in [1.54, 1.807) is 0 Å². The highest BCUT2D eigenvalue weighted by Crippen LogP contribution is 2.17. The van der Waals surface area contributed by atoms with E-state index in [1.807, 2.05) is 0 Å². The molecule has 6 heteroatoms. The predicted octanol–water partition coefficient (Wildman–Crippen LogP) is 21.6. The number of hydrogen-bond acceptors (Lipinski definition) is 6. The van der Waals surface area contributed by atoms with Crippen molar-refractivity contribution in [3.63, 3.8) is 0 Å². The Morgan fingerprint density at radius 3 is 0.849 bits per heavy atom. The van der Waals surface area contributed by atoms with E-state index in [9.17, 15) is 14.4 Å². The molecule has 0 heterocycles. The summed E-state index contributed by atoms with van der Waals surface area (Å²) in [7, 11) is 0. The molecule has 0 bridgehead atoms. The predicted molar refractivity (Wildman–Crippen MR) is 316 cm³/mol. The van der Waals surface area contributed by atoms with Crippen LogP contribution in [0.3, 0.4) is 0 Å². The molecule has 0 fully saturated rings. The number of hydrogen-bond donors (Lipinski definition) is 0. The lowest BCUT2D eigenvalue weighted by atomic mass is 10.0. The highest BCUT2D eigenvalue weighted by atomic mass is 16.6. The summed E-state index contributed by atoms with van der Waals surface area (Å²) in [6, 6.07) is 0. The Hall–Kier alpha value is -2.89. The summed E-state index contributed by atoms with van der Waals surface area (Å²) >= 11 is 0. The van der Waals surface area contributed by atoms with Gasteiger partial charge < -0.3 is 14.2 Å². The molecule has 1 atom stereocenters. The van der Waals surface area contributed by atoms with Gasteiger partial charge in [0.15, 0.2) is 6.10 Å². The van der Waals surface area contributed by atoms with E-state index < -0.39 is 6.10 Å². The second-order valence-corrected chi connectivity index (χ2v) is 21.3. The van der Waals surface area contributed by atoms with Gasteiger partial charge in [-0.25, -0.2) is 0 Å². The zero-order valence-corrected chi connectivity index (χ0v) is 48.7. The molecule has 0 aliphatic carbocycles. The molecular weight excluding hydrogens is 901 g/mol. The highest BCUT2D eigenvalue weighted by molar-refractivity contribution is 5.71. The zero-order valence-electron chi connectivity index (χ0n) is 48.7. The molecule has 0 saturated carbocycles. The van der Waals surface area contributed by atoms with Gasteiger partial charge in [0, 0.05) is 19.3 Å². The fraction of sp³-hybridized carbons (Fsp3) is 0.806. The Balaban J connectivity index is 4.10. The topological polar surface area (TPSA) is 78.9 Å². The number of carbonyl (C=O) groups is 3. The van der Waals surface area contributed by atoms with Gasteiger partial charge in [-0.15, -0.1) is 0 Å². The first-order valence-electron chi connectivity index (χ1n) is 31.8. The van der Waals surface area contributed by atoms with E-state index in [0.29, 0.717) is 19.3 Å². The molecule has 0 amide bonds. The molecule has 0 saturated heterocycles. The maximum Gasteiger partial charge on any atom is 0.306 e. The van der Waals surface area contributed by atoms with E-state index in [-0.39, 0.29) is 31.1 Å². The Morgan fingerprint density at radius 2 is 0.534 bits per heavy atom. The minimum atomic E-state index is -0.772. The van der Waals surface area contributed by atoms with Crippen LogP contribution in [0.1, 0.15) is 329 Å². The summed E-state index contributed by atoms with van der Waals surface area (Å²) in [5.74, 6) is -0.864. The van der Waals surface area contributed by atoms with Gasteiger partial charge in [-0.3, -0.25) is 14.4 Å². The molecule has 0 rings (SSSR count). The van der Waals surface area contributed by atoms with E-state index in [2.05, 4.69) is 81.5 Å². The van der Waals surface area contributed by atoms with Crippen molar-refractivity contribution in [3.05, 3.63) is 60.8 Å². The standard InChI is InChI=1S/C67H120O6/c1-4-7-10-13-16-19-21-23-25-27-29-30-31-32-33-34-35-36-37-38-39-41-42-44-46-48-51-54-57-60-66(69)72-63-64(62-71-65(68)59-56-53-50-18-15-12-9-6-3)73-67(70)61-58-55-52-49-47-45-43-40-28-26-24-22-20-17-14-11-8-5-2/h7,10,16,19,23,25-26,28-30,64H,4-6,8-9,11-15,17-18,20-22,24,27,31-63H2,1-3H3/b10-7-,19-16-,25-23-,28-26-,30-29-. The van der Waals surface area contributed by atoms with Crippen molar-refractivity contribution in [1.29, 1.82) is 0 Å². The van der Waals surface area contributed by atoms with E-state index >= 15 is 0 Å². The van der Waals surface area contributed by atoms with Crippen LogP contribution in [0.2, 0.25) is 0 Å². The van der Waals surface area contributed by atoms with Gasteiger partial charge in [0.25, 0.3) is 0 Å². The van der Waals surface area contributed by atoms with Crippen molar-refractivity contribution in [3.8, 4) is 0 Å². The third-order valence-electron chi connectivity index (χ3n) is 14.0. The van der Waals surface area contributed by atoms with Crippen molar-refractivity contribution in [2.45, 2.75) is 335 Å². The maximum atomic E-state index is 12.8. The van der Waals surface area contributed by atoms with E-state index in [0.717, 1.165) is 83.5 Å². The molecule has 0 aliphatic rings. The average Bonchev–Trinajstić information content (AvgIpc) is 3.39. The van der Waals surface area contributed by atoms with Crippen LogP contribution in [0, 0.1) is 0 Å². The average molecular weight is 1020 g/mol. The summed E-state index contributed by atoms with van der Waals surface area (Å²) in [5, 5.41) is 0. The van der Waals surface area contributed by atoms with E-state index in [4.69, 9.17) is 14.2 Å². The molecular formula is C67H120O6. The quantitative estimate of drug-likeness (QED) is 0.0261. The molecule has 0 aromatic rings. The molecule has 0 N–H and O–H groups in total. The second-order valence-electron chi connectivity index (χ2n) is 21.3. The Morgan fingerprint density at radius 1 is 0.288 bits per heavy atom. The van der Waals surface area contributed by atoms with Crippen LogP contribution in [0.5, 0.6) is 0 Å². The third-order valence-corrected chi connectivity index (χ3v) is 14.0. The van der Waals surface area contributed by atoms with Gasteiger partial charge in [-0.2, -0.15) is 0 Å². The van der Waals surface area contributed by atoms with Crippen LogP contribution < -0.4 is 0 Å². The van der Waals surface area contributed by atoms with Gasteiger partial charge in [0.2, 0.25) is 0 Å². The Kier molecular flexibility index (Phi) is 59.2. The van der Waals surface area contributed by atoms with Crippen LogP contribution >= 0.6 is 0 Å². The highest BCUT2D eigenvalue weighted by Gasteiger charge is 2.19. The molecule has 0 aliphatic heterocycles. The lowest BCUT2D eigenvalue weighted by molar-refractivity contribution is -0.167. The fourth-order valence-electron chi connectivity index (χ4n) is 9.25. The van der Waals surface area contributed by atoms with Crippen LogP contribution in [0.15, 0.2) is 60.8 Å². The second kappa shape index (κ2) is 61.7. The SMILES string of the molecule is CC/C=C\C/C=C\C/C=C\C/C=C\CCCCCCCCCCCCCCCCCCC(=O)OCC(COC(=O)CCCCCCCCCC)OC(=O)CCCCCCCCC/C=C\CCCCCCCCC. The molecule has 6 nitrogen and oxygen atoms in total. The maximum absolute atomic E-state index is 12.8. The van der Waals surface area contributed by atoms with Crippen molar-refractivity contribution in [1.82, 2.24) is 0 Å². The van der Waals surface area contributed by atoms with Gasteiger partial charge in [0.05, 0.1) is 0 Å². The summed E-state index contributed by atoms with van der Waals surface area (Å²) < 4.78 is 16.9. The first kappa shape index (κ1) is 70.1. The van der Waals surface area contributed by atoms with Crippen molar-refractivity contribution in [2.24, 2.45) is 0 Å². The first-order chi connectivity index (χ1) is 36.0. The summed E-state index contributed by atoms with van der Waals surface area (Å²) in [4.78, 5) is 38.1. The number of carbonyl (C=O) groups excluding carboxylic acids is 3. The van der Waals surface area contributed by atoms with Gasteiger partial charge in [-0.1, -0.05) is 287 Å². The molecule has 0 aromatic carbocycles. The number of unbranched alkanes of at least 4 members (excludes halogenated alkanes) is 37. The van der Waals surface area contributed by atoms with Crippen molar-refractivity contribution < 1.29 is 28.6 Å². The van der Waals surface area contributed by atoms with Crippen LogP contribution in [0.25, 0.3) is 0 Å². The molecule has 73 heavy (non-hydrogen) atoms. The molecule has 0 radical (unpaired) electrons. The summed E-state index contributed by atoms with van der Waals surface area (Å²) in [6.07, 6.45) is 78.2. The fourth-order valence-corrected chi connectivity index (χ4v) is 9.25. The van der Waals surface area contributed by atoms with Crippen LogP contribution in [-0.4, -0.2) is 37.2 Å². The minimum absolute atomic E-state index is 0.0716. The summed E-state index contributed by atoms with van der Waals surface area (Å²) in [5.41, 5.74) is 0. The van der Waals surface area contributed by atoms with Crippen molar-refractivity contribution >= 4 is 17.9 Å². The normalized spacial score (nSPS) is 12.4. The van der Waals surface area contributed by atoms with Gasteiger partial charge >= 0.3 is 17.9 Å². The first-order valence-corrected chi connectivity index (χ1v) is 31.8. The molecule has 1 unspecified atom stereocenters. The number of allylic oxidation sites excluding steroid dienone is 10. The van der Waals surface area contributed by atoms with Crippen LogP contribution in [0.4, 0.5) is 0 Å². The number of ether oxygens (including phenoxy) is 3. The third kappa shape index (κ3) is 59.9.